The van der Waals surface area contributed by atoms with E-state index in [-0.39, 0.29) is 12.1 Å². The predicted octanol–water partition coefficient (Wildman–Crippen LogP) is 4.88. The third kappa shape index (κ3) is 6.73. The number of anilines is 1. The number of carbonyl (C=O) groups excluding carboxylic acids is 1. The van der Waals surface area contributed by atoms with Crippen LogP contribution in [0, 0.1) is 0 Å². The summed E-state index contributed by atoms with van der Waals surface area (Å²) in [4.78, 5) is 17.7. The quantitative estimate of drug-likeness (QED) is 0.474. The lowest BCUT2D eigenvalue weighted by atomic mass is 10.1. The molecule has 1 aromatic carbocycles. The summed E-state index contributed by atoms with van der Waals surface area (Å²) >= 11 is 0. The third-order valence-corrected chi connectivity index (χ3v) is 4.27. The van der Waals surface area contributed by atoms with Gasteiger partial charge in [-0.25, -0.2) is 0 Å². The molecule has 0 spiro atoms. The molecule has 4 nitrogen and oxygen atoms in total. The minimum atomic E-state index is -0.250. The van der Waals surface area contributed by atoms with Gasteiger partial charge in [0.05, 0.1) is 12.2 Å². The highest BCUT2D eigenvalue weighted by atomic mass is 16.5. The van der Waals surface area contributed by atoms with E-state index in [1.807, 2.05) is 13.1 Å². The minimum Gasteiger partial charge on any atom is -0.462 e. The summed E-state index contributed by atoms with van der Waals surface area (Å²) in [6, 6.07) is 8.75. The van der Waals surface area contributed by atoms with Gasteiger partial charge in [0, 0.05) is 31.4 Å². The zero-order chi connectivity index (χ0) is 18.1. The first-order chi connectivity index (χ1) is 12.1. The maximum atomic E-state index is 11.1. The lowest BCUT2D eigenvalue weighted by molar-refractivity contribution is -0.145. The lowest BCUT2D eigenvalue weighted by Crippen LogP contribution is -2.23. The molecule has 0 saturated carbocycles. The minimum absolute atomic E-state index is 0.161. The van der Waals surface area contributed by atoms with E-state index in [4.69, 9.17) is 4.74 Å². The number of ether oxygens (including phenoxy) is 1. The Morgan fingerprint density at radius 3 is 2.92 bits per heavy atom. The number of hydrogen-bond acceptors (Lipinski definition) is 4. The van der Waals surface area contributed by atoms with Crippen LogP contribution in [0.5, 0.6) is 0 Å². The fraction of sp³-hybridized carbons (Fsp3) is 0.524. The van der Waals surface area contributed by atoms with Crippen molar-refractivity contribution in [2.75, 3.05) is 11.4 Å². The van der Waals surface area contributed by atoms with Crippen molar-refractivity contribution in [3.05, 3.63) is 41.7 Å². The van der Waals surface area contributed by atoms with Gasteiger partial charge in [0.1, 0.15) is 6.10 Å². The molecule has 2 rings (SSSR count). The molecule has 1 atom stereocenters. The maximum absolute atomic E-state index is 11.1. The van der Waals surface area contributed by atoms with Crippen molar-refractivity contribution < 1.29 is 9.53 Å². The normalized spacial score (nSPS) is 15.0. The molecule has 0 radical (unpaired) electrons. The maximum Gasteiger partial charge on any atom is 0.302 e. The number of unbranched alkanes of at least 4 members (excludes halogenated alkanes) is 3. The summed E-state index contributed by atoms with van der Waals surface area (Å²) in [6.45, 7) is 6.34. The van der Waals surface area contributed by atoms with Crippen LogP contribution in [0.25, 0.3) is 0 Å². The number of rotatable bonds is 9. The Kier molecular flexibility index (Phi) is 7.71. The van der Waals surface area contributed by atoms with Crippen molar-refractivity contribution in [3.8, 4) is 0 Å². The number of hydrogen-bond donors (Lipinski definition) is 0. The van der Waals surface area contributed by atoms with Crippen LogP contribution in [0.4, 0.5) is 5.69 Å². The second-order valence-corrected chi connectivity index (χ2v) is 6.69. The predicted molar refractivity (Wildman–Crippen MR) is 104 cm³/mol. The Balaban J connectivity index is 1.98. The monoisotopic (exact) mass is 342 g/mol. The van der Waals surface area contributed by atoms with E-state index in [1.54, 1.807) is 0 Å². The molecule has 0 N–H and O–H groups in total. The van der Waals surface area contributed by atoms with Gasteiger partial charge in [-0.3, -0.25) is 9.79 Å². The summed E-state index contributed by atoms with van der Waals surface area (Å²) in [6.07, 6.45) is 10.7. The van der Waals surface area contributed by atoms with Crippen molar-refractivity contribution in [1.82, 2.24) is 0 Å². The number of benzene rings is 1. The molecule has 1 aliphatic heterocycles. The first-order valence-electron chi connectivity index (χ1n) is 9.34. The fourth-order valence-electron chi connectivity index (χ4n) is 3.06. The van der Waals surface area contributed by atoms with Crippen LogP contribution in [0.2, 0.25) is 0 Å². The van der Waals surface area contributed by atoms with E-state index in [1.165, 1.54) is 43.9 Å². The van der Waals surface area contributed by atoms with Crippen LogP contribution < -0.4 is 4.90 Å². The van der Waals surface area contributed by atoms with E-state index in [9.17, 15) is 4.79 Å². The largest absolute Gasteiger partial charge is 0.462 e. The van der Waals surface area contributed by atoms with Crippen molar-refractivity contribution >= 4 is 17.9 Å². The average molecular weight is 342 g/mol. The van der Waals surface area contributed by atoms with Gasteiger partial charge in [-0.1, -0.05) is 38.3 Å². The standard InChI is InChI=1S/C21H30N2O2/c1-4-5-6-7-9-19-10-8-11-21(15-19)23-13-12-22-20(16-23)14-17(2)25-18(3)24/h8,10-12,15-17H,4-7,9,13-14H2,1-3H3. The summed E-state index contributed by atoms with van der Waals surface area (Å²) in [5.74, 6) is -0.250. The smallest absolute Gasteiger partial charge is 0.302 e. The van der Waals surface area contributed by atoms with Gasteiger partial charge in [0.25, 0.3) is 0 Å². The molecule has 1 heterocycles. The number of esters is 1. The molecular weight excluding hydrogens is 312 g/mol. The van der Waals surface area contributed by atoms with Crippen LogP contribution in [-0.2, 0) is 16.0 Å². The van der Waals surface area contributed by atoms with E-state index in [2.05, 4.69) is 47.3 Å². The Morgan fingerprint density at radius 1 is 1.32 bits per heavy atom. The number of nitrogens with zero attached hydrogens (tertiary/aromatic N) is 2. The highest BCUT2D eigenvalue weighted by Crippen LogP contribution is 2.22. The third-order valence-electron chi connectivity index (χ3n) is 4.27. The fourth-order valence-corrected chi connectivity index (χ4v) is 3.06. The van der Waals surface area contributed by atoms with E-state index in [0.29, 0.717) is 6.42 Å². The van der Waals surface area contributed by atoms with Gasteiger partial charge in [-0.05, 0) is 37.5 Å². The number of aliphatic imine (C=N–C) groups is 1. The van der Waals surface area contributed by atoms with Crippen molar-refractivity contribution in [2.45, 2.75) is 65.4 Å². The van der Waals surface area contributed by atoms with Crippen LogP contribution >= 0.6 is 0 Å². The van der Waals surface area contributed by atoms with Crippen molar-refractivity contribution in [1.29, 1.82) is 0 Å². The van der Waals surface area contributed by atoms with Crippen LogP contribution in [0.1, 0.15) is 58.4 Å². The van der Waals surface area contributed by atoms with Crippen LogP contribution in [0.3, 0.4) is 0 Å². The second kappa shape index (κ2) is 10.0. The molecular formula is C21H30N2O2. The molecule has 25 heavy (non-hydrogen) atoms. The van der Waals surface area contributed by atoms with Crippen LogP contribution in [0.15, 0.2) is 41.2 Å². The zero-order valence-electron chi connectivity index (χ0n) is 15.7. The summed E-state index contributed by atoms with van der Waals surface area (Å²) in [5.41, 5.74) is 3.52. The van der Waals surface area contributed by atoms with Crippen LogP contribution in [-0.4, -0.2) is 24.8 Å². The van der Waals surface area contributed by atoms with E-state index >= 15 is 0 Å². The highest BCUT2D eigenvalue weighted by Gasteiger charge is 2.13. The van der Waals surface area contributed by atoms with E-state index < -0.39 is 0 Å². The molecule has 0 amide bonds. The first-order valence-corrected chi connectivity index (χ1v) is 9.34. The van der Waals surface area contributed by atoms with Gasteiger partial charge in [-0.15, -0.1) is 0 Å². The Morgan fingerprint density at radius 2 is 2.16 bits per heavy atom. The molecule has 0 saturated heterocycles. The number of aryl methyl sites for hydroxylation is 1. The van der Waals surface area contributed by atoms with Gasteiger partial charge < -0.3 is 9.64 Å². The van der Waals surface area contributed by atoms with Crippen molar-refractivity contribution in [2.24, 2.45) is 4.99 Å². The summed E-state index contributed by atoms with van der Waals surface area (Å²) in [5, 5.41) is 0. The first kappa shape index (κ1) is 19.2. The molecule has 0 fully saturated rings. The molecule has 0 bridgehead atoms. The zero-order valence-corrected chi connectivity index (χ0v) is 15.7. The van der Waals surface area contributed by atoms with E-state index in [0.717, 1.165) is 18.7 Å². The Bertz CT molecular complexity index is 622. The number of carbonyl (C=O) groups is 1. The molecule has 0 aliphatic carbocycles. The molecule has 1 unspecified atom stereocenters. The lowest BCUT2D eigenvalue weighted by Gasteiger charge is -2.24. The highest BCUT2D eigenvalue weighted by molar-refractivity contribution is 5.71. The van der Waals surface area contributed by atoms with Gasteiger partial charge in [-0.2, -0.15) is 0 Å². The molecule has 1 aliphatic rings. The molecule has 4 heteroatoms. The van der Waals surface area contributed by atoms with Crippen molar-refractivity contribution in [3.63, 3.8) is 0 Å². The summed E-state index contributed by atoms with van der Waals surface area (Å²) < 4.78 is 5.20. The molecule has 136 valence electrons. The van der Waals surface area contributed by atoms with Gasteiger partial charge >= 0.3 is 5.97 Å². The summed E-state index contributed by atoms with van der Waals surface area (Å²) in [7, 11) is 0. The van der Waals surface area contributed by atoms with Gasteiger partial charge in [0.2, 0.25) is 0 Å². The topological polar surface area (TPSA) is 41.9 Å². The SMILES string of the molecule is CCCCCCc1cccc(N2C=C(CC(C)OC(C)=O)N=CC2)c1. The Hall–Kier alpha value is -2.10. The average Bonchev–Trinajstić information content (AvgIpc) is 2.58. The van der Waals surface area contributed by atoms with Gasteiger partial charge in [0.15, 0.2) is 0 Å². The molecule has 1 aromatic rings. The molecule has 0 aromatic heterocycles. The second-order valence-electron chi connectivity index (χ2n) is 6.69. The Labute approximate surface area is 151 Å².